The summed E-state index contributed by atoms with van der Waals surface area (Å²) in [5, 5.41) is 11.5. The summed E-state index contributed by atoms with van der Waals surface area (Å²) >= 11 is 5.98. The Morgan fingerprint density at radius 3 is 2.05 bits per heavy atom. The number of benzene rings is 4. The molecule has 0 aliphatic rings. The fourth-order valence-corrected chi connectivity index (χ4v) is 4.58. The van der Waals surface area contributed by atoms with Crippen LogP contribution in [0.4, 0.5) is 15.8 Å². The highest BCUT2D eigenvalue weighted by Gasteiger charge is 2.27. The van der Waals surface area contributed by atoms with E-state index in [9.17, 15) is 23.9 Å². The number of rotatable bonds is 9. The Bertz CT molecular complexity index is 1760. The van der Waals surface area contributed by atoms with Gasteiger partial charge in [0.05, 0.1) is 11.9 Å². The second kappa shape index (κ2) is 12.3. The van der Waals surface area contributed by atoms with Crippen LogP contribution in [0.3, 0.4) is 0 Å². The third kappa shape index (κ3) is 6.02. The molecule has 1 atom stereocenters. The standard InChI is InChI=1S/C34H24ClFN2O4/c1-38(26-14-10-24(35)11-15-26)27-16-18-30(37-20-27)32(40)23-9-17-28(31(39)22-7-12-25(36)13-8-22)29(19-23)34(42)33(41)21-5-3-2-4-6-21/h2-20,33,41H,1H3. The smallest absolute Gasteiger partial charge is 0.211 e. The van der Waals surface area contributed by atoms with Crippen LogP contribution < -0.4 is 4.90 Å². The van der Waals surface area contributed by atoms with Gasteiger partial charge >= 0.3 is 0 Å². The SMILES string of the molecule is CN(c1ccc(Cl)cc1)c1ccc(C(=O)c2ccc(C(=O)c3ccc(F)cc3)c(C(=O)C(O)c3ccccc3)c2)nc1. The lowest BCUT2D eigenvalue weighted by Crippen LogP contribution is -2.18. The highest BCUT2D eigenvalue weighted by Crippen LogP contribution is 2.27. The first kappa shape index (κ1) is 28.5. The Balaban J connectivity index is 1.48. The zero-order chi connectivity index (χ0) is 29.8. The minimum Gasteiger partial charge on any atom is -0.380 e. The highest BCUT2D eigenvalue weighted by molar-refractivity contribution is 6.30. The van der Waals surface area contributed by atoms with Crippen molar-refractivity contribution in [1.82, 2.24) is 4.98 Å². The van der Waals surface area contributed by atoms with Crippen molar-refractivity contribution in [3.05, 3.63) is 160 Å². The number of nitrogens with zero attached hydrogens (tertiary/aromatic N) is 2. The highest BCUT2D eigenvalue weighted by atomic mass is 35.5. The molecule has 5 aromatic rings. The van der Waals surface area contributed by atoms with E-state index in [0.29, 0.717) is 10.6 Å². The average Bonchev–Trinajstić information content (AvgIpc) is 3.04. The van der Waals surface area contributed by atoms with E-state index in [4.69, 9.17) is 11.6 Å². The molecule has 0 amide bonds. The fraction of sp³-hybridized carbons (Fsp3) is 0.0588. The van der Waals surface area contributed by atoms with Gasteiger partial charge in [-0.3, -0.25) is 19.4 Å². The Morgan fingerprint density at radius 2 is 1.40 bits per heavy atom. The summed E-state index contributed by atoms with van der Waals surface area (Å²) in [4.78, 5) is 46.6. The number of aliphatic hydroxyl groups excluding tert-OH is 1. The van der Waals surface area contributed by atoms with Crippen molar-refractivity contribution in [3.63, 3.8) is 0 Å². The second-order valence-corrected chi connectivity index (χ2v) is 9.98. The number of aliphatic hydroxyl groups is 1. The largest absolute Gasteiger partial charge is 0.380 e. The Hall–Kier alpha value is -4.98. The molecule has 42 heavy (non-hydrogen) atoms. The van der Waals surface area contributed by atoms with E-state index in [2.05, 4.69) is 4.98 Å². The van der Waals surface area contributed by atoms with Gasteiger partial charge < -0.3 is 10.0 Å². The maximum Gasteiger partial charge on any atom is 0.211 e. The van der Waals surface area contributed by atoms with E-state index < -0.39 is 29.3 Å². The fourth-order valence-electron chi connectivity index (χ4n) is 4.46. The van der Waals surface area contributed by atoms with E-state index in [1.54, 1.807) is 60.8 Å². The topological polar surface area (TPSA) is 87.6 Å². The van der Waals surface area contributed by atoms with Gasteiger partial charge in [0.25, 0.3) is 0 Å². The normalized spacial score (nSPS) is 11.5. The molecule has 208 valence electrons. The predicted molar refractivity (Wildman–Crippen MR) is 159 cm³/mol. The van der Waals surface area contributed by atoms with Gasteiger partial charge in [-0.25, -0.2) is 4.39 Å². The number of aromatic nitrogens is 1. The number of hydrogen-bond acceptors (Lipinski definition) is 6. The van der Waals surface area contributed by atoms with E-state index in [-0.39, 0.29) is 27.9 Å². The molecule has 0 bridgehead atoms. The summed E-state index contributed by atoms with van der Waals surface area (Å²) in [6.45, 7) is 0. The van der Waals surface area contributed by atoms with Gasteiger partial charge in [0.1, 0.15) is 17.6 Å². The van der Waals surface area contributed by atoms with Crippen molar-refractivity contribution in [2.45, 2.75) is 6.10 Å². The van der Waals surface area contributed by atoms with Crippen molar-refractivity contribution in [2.75, 3.05) is 11.9 Å². The third-order valence-electron chi connectivity index (χ3n) is 6.84. The van der Waals surface area contributed by atoms with E-state index in [1.807, 2.05) is 24.1 Å². The molecule has 4 aromatic carbocycles. The molecule has 0 aliphatic heterocycles. The summed E-state index contributed by atoms with van der Waals surface area (Å²) in [5.41, 5.74) is 2.18. The Labute approximate surface area is 246 Å². The molecule has 1 heterocycles. The van der Waals surface area contributed by atoms with Crippen LogP contribution in [0.1, 0.15) is 54.0 Å². The number of carbonyl (C=O) groups is 3. The maximum atomic E-state index is 13.5. The van der Waals surface area contributed by atoms with E-state index in [0.717, 1.165) is 23.5 Å². The molecular weight excluding hydrogens is 555 g/mol. The monoisotopic (exact) mass is 578 g/mol. The molecule has 1 aromatic heterocycles. The third-order valence-corrected chi connectivity index (χ3v) is 7.10. The number of carbonyl (C=O) groups excluding carboxylic acids is 3. The van der Waals surface area contributed by atoms with Crippen LogP contribution in [0.25, 0.3) is 0 Å². The summed E-state index contributed by atoms with van der Waals surface area (Å²) in [6.07, 6.45) is -0.0170. The molecular formula is C34H24ClFN2O4. The average molecular weight is 579 g/mol. The van der Waals surface area contributed by atoms with Crippen molar-refractivity contribution >= 4 is 40.3 Å². The Kier molecular flexibility index (Phi) is 8.33. The van der Waals surface area contributed by atoms with Crippen LogP contribution in [0, 0.1) is 5.82 Å². The minimum atomic E-state index is -1.57. The Morgan fingerprint density at radius 1 is 0.762 bits per heavy atom. The van der Waals surface area contributed by atoms with Crippen LogP contribution in [0.5, 0.6) is 0 Å². The molecule has 8 heteroatoms. The maximum absolute atomic E-state index is 13.5. The molecule has 0 saturated heterocycles. The quantitative estimate of drug-likeness (QED) is 0.189. The number of Topliss-reactive ketones (excluding diaryl/α,β-unsaturated/α-hetero) is 1. The zero-order valence-electron chi connectivity index (χ0n) is 22.4. The van der Waals surface area contributed by atoms with E-state index >= 15 is 0 Å². The van der Waals surface area contributed by atoms with Crippen molar-refractivity contribution in [2.24, 2.45) is 0 Å². The van der Waals surface area contributed by atoms with Crippen LogP contribution in [0.15, 0.2) is 115 Å². The van der Waals surface area contributed by atoms with Gasteiger partial charge in [-0.2, -0.15) is 0 Å². The summed E-state index contributed by atoms with van der Waals surface area (Å²) < 4.78 is 13.5. The molecule has 1 N–H and O–H groups in total. The van der Waals surface area contributed by atoms with Crippen LogP contribution >= 0.6 is 11.6 Å². The first-order valence-corrected chi connectivity index (χ1v) is 13.3. The molecule has 0 spiro atoms. The number of anilines is 2. The predicted octanol–water partition coefficient (Wildman–Crippen LogP) is 7.02. The van der Waals surface area contributed by atoms with Crippen LogP contribution in [-0.2, 0) is 0 Å². The number of hydrogen-bond donors (Lipinski definition) is 1. The lowest BCUT2D eigenvalue weighted by molar-refractivity contribution is 0.0744. The number of halogens is 2. The van der Waals surface area contributed by atoms with Gasteiger partial charge in [-0.15, -0.1) is 0 Å². The second-order valence-electron chi connectivity index (χ2n) is 9.54. The lowest BCUT2D eigenvalue weighted by atomic mass is 9.89. The lowest BCUT2D eigenvalue weighted by Gasteiger charge is -2.19. The molecule has 6 nitrogen and oxygen atoms in total. The van der Waals surface area contributed by atoms with Crippen molar-refractivity contribution < 1.29 is 23.9 Å². The first-order valence-electron chi connectivity index (χ1n) is 12.9. The molecule has 5 rings (SSSR count). The molecule has 0 radical (unpaired) electrons. The first-order chi connectivity index (χ1) is 20.2. The zero-order valence-corrected chi connectivity index (χ0v) is 23.1. The van der Waals surface area contributed by atoms with Crippen molar-refractivity contribution in [1.29, 1.82) is 0 Å². The van der Waals surface area contributed by atoms with Gasteiger partial charge in [-0.1, -0.05) is 48.0 Å². The number of pyridine rings is 1. The molecule has 0 fully saturated rings. The molecule has 0 saturated carbocycles. The molecule has 1 unspecified atom stereocenters. The number of ketones is 3. The minimum absolute atomic E-state index is 0.0222. The van der Waals surface area contributed by atoms with Gasteiger partial charge in [0, 0.05) is 40.0 Å². The van der Waals surface area contributed by atoms with Crippen LogP contribution in [-0.4, -0.2) is 34.5 Å². The molecule has 0 aliphatic carbocycles. The summed E-state index contributed by atoms with van der Waals surface area (Å²) in [7, 11) is 1.86. The van der Waals surface area contributed by atoms with Crippen molar-refractivity contribution in [3.8, 4) is 0 Å². The van der Waals surface area contributed by atoms with Gasteiger partial charge in [0.2, 0.25) is 5.78 Å². The van der Waals surface area contributed by atoms with Crippen LogP contribution in [0.2, 0.25) is 5.02 Å². The van der Waals surface area contributed by atoms with Gasteiger partial charge in [0.15, 0.2) is 11.6 Å². The summed E-state index contributed by atoms with van der Waals surface area (Å²) in [6, 6.07) is 27.9. The van der Waals surface area contributed by atoms with E-state index in [1.165, 1.54) is 30.3 Å². The summed E-state index contributed by atoms with van der Waals surface area (Å²) in [5.74, 6) is -2.29. The van der Waals surface area contributed by atoms with Gasteiger partial charge in [-0.05, 0) is 78.4 Å².